The third-order valence-electron chi connectivity index (χ3n) is 6.66. The maximum Gasteiger partial charge on any atom is 0.317 e. The van der Waals surface area contributed by atoms with E-state index in [1.807, 2.05) is 47.8 Å². The molecule has 1 aliphatic carbocycles. The Morgan fingerprint density at radius 1 is 1.03 bits per heavy atom. The monoisotopic (exact) mass is 489 g/mol. The highest BCUT2D eigenvalue weighted by atomic mass is 32.1. The number of para-hydroxylation sites is 1. The number of carbonyl (C=O) groups excluding carboxylic acids is 3. The minimum absolute atomic E-state index is 0.0459. The zero-order chi connectivity index (χ0) is 24.5. The summed E-state index contributed by atoms with van der Waals surface area (Å²) < 4.78 is 19.0. The van der Waals surface area contributed by atoms with Crippen molar-refractivity contribution in [1.82, 2.24) is 0 Å². The van der Waals surface area contributed by atoms with Crippen LogP contribution in [0.4, 0.5) is 10.1 Å². The largest absolute Gasteiger partial charge is 0.465 e. The van der Waals surface area contributed by atoms with Crippen molar-refractivity contribution in [2.75, 3.05) is 11.5 Å². The average molecular weight is 490 g/mol. The Labute approximate surface area is 206 Å². The summed E-state index contributed by atoms with van der Waals surface area (Å²) in [7, 11) is 0. The van der Waals surface area contributed by atoms with Crippen LogP contribution in [0.15, 0.2) is 83.4 Å². The van der Waals surface area contributed by atoms with Gasteiger partial charge in [-0.05, 0) is 54.6 Å². The van der Waals surface area contributed by atoms with Crippen LogP contribution in [-0.2, 0) is 19.1 Å². The summed E-state index contributed by atoms with van der Waals surface area (Å²) in [6.45, 7) is 1.88. The van der Waals surface area contributed by atoms with E-state index in [9.17, 15) is 18.8 Å². The highest BCUT2D eigenvalue weighted by molar-refractivity contribution is 7.10. The van der Waals surface area contributed by atoms with Crippen LogP contribution in [0.5, 0.6) is 0 Å². The predicted octanol–water partition coefficient (Wildman–Crippen LogP) is 5.60. The molecular weight excluding hydrogens is 465 g/mol. The molecule has 7 heteroatoms. The number of thiophene rings is 1. The number of ether oxygens (including phenoxy) is 1. The number of Topliss-reactive ketones (excluding diaryl/α,β-unsaturated/α-hetero) is 1. The molecule has 0 radical (unpaired) electrons. The van der Waals surface area contributed by atoms with Crippen LogP contribution in [0, 0.1) is 11.7 Å². The molecule has 0 fully saturated rings. The lowest BCUT2D eigenvalue weighted by Gasteiger charge is -2.42. The molecule has 5 rings (SSSR count). The maximum absolute atomic E-state index is 14.1. The van der Waals surface area contributed by atoms with Gasteiger partial charge in [-0.2, -0.15) is 0 Å². The molecule has 3 atom stereocenters. The van der Waals surface area contributed by atoms with Gasteiger partial charge < -0.3 is 4.74 Å². The quantitative estimate of drug-likeness (QED) is 0.346. The van der Waals surface area contributed by atoms with Gasteiger partial charge in [0, 0.05) is 40.1 Å². The number of benzene rings is 2. The lowest BCUT2D eigenvalue weighted by Crippen LogP contribution is -2.46. The standard InChI is InChI=1S/C28H24FNO4S/c1-2-34-28(33)26-21(23-9-6-14-35-23)15-22-25(27(26)32)20(17-10-12-18(29)13-11-17)16-24(31)30(22)19-7-4-3-5-8-19/h3-14,20-21,26H,2,15-16H2,1H3/t20-,21+,26+/m0/s1. The van der Waals surface area contributed by atoms with Gasteiger partial charge in [0.15, 0.2) is 5.78 Å². The van der Waals surface area contributed by atoms with Crippen molar-refractivity contribution in [2.24, 2.45) is 5.92 Å². The number of ketones is 1. The van der Waals surface area contributed by atoms with Crippen LogP contribution in [-0.4, -0.2) is 24.3 Å². The van der Waals surface area contributed by atoms with Gasteiger partial charge in [-0.1, -0.05) is 36.4 Å². The van der Waals surface area contributed by atoms with E-state index in [-0.39, 0.29) is 24.7 Å². The highest BCUT2D eigenvalue weighted by Gasteiger charge is 2.50. The second kappa shape index (κ2) is 9.58. The first-order chi connectivity index (χ1) is 17.0. The molecule has 178 valence electrons. The summed E-state index contributed by atoms with van der Waals surface area (Å²) in [4.78, 5) is 43.3. The van der Waals surface area contributed by atoms with Crippen molar-refractivity contribution < 1.29 is 23.5 Å². The SMILES string of the molecule is CCOC(=O)[C@H]1C(=O)C2=C(C[C@@H]1c1cccs1)N(c1ccccc1)C(=O)C[C@H]2c1ccc(F)cc1. The van der Waals surface area contributed by atoms with E-state index in [0.717, 1.165) is 4.88 Å². The average Bonchev–Trinajstić information content (AvgIpc) is 3.39. The van der Waals surface area contributed by atoms with Crippen LogP contribution in [0.2, 0.25) is 0 Å². The van der Waals surface area contributed by atoms with Gasteiger partial charge in [0.2, 0.25) is 5.91 Å². The molecule has 2 heterocycles. The van der Waals surface area contributed by atoms with Crippen molar-refractivity contribution in [3.63, 3.8) is 0 Å². The number of nitrogens with zero attached hydrogens (tertiary/aromatic N) is 1. The third kappa shape index (κ3) is 4.21. The Hall–Kier alpha value is -3.58. The number of esters is 1. The van der Waals surface area contributed by atoms with Crippen LogP contribution in [0.25, 0.3) is 0 Å². The Morgan fingerprint density at radius 2 is 1.77 bits per heavy atom. The van der Waals surface area contributed by atoms with E-state index in [0.29, 0.717) is 28.9 Å². The number of rotatable bonds is 5. The van der Waals surface area contributed by atoms with E-state index in [2.05, 4.69) is 0 Å². The molecule has 0 unspecified atom stereocenters. The van der Waals surface area contributed by atoms with Gasteiger partial charge in [-0.3, -0.25) is 19.3 Å². The summed E-state index contributed by atoms with van der Waals surface area (Å²) in [6, 6.07) is 18.9. The minimum atomic E-state index is -0.999. The summed E-state index contributed by atoms with van der Waals surface area (Å²) >= 11 is 1.48. The molecule has 35 heavy (non-hydrogen) atoms. The molecule has 0 spiro atoms. The summed E-state index contributed by atoms with van der Waals surface area (Å²) in [5, 5.41) is 1.91. The normalized spacial score (nSPS) is 22.2. The zero-order valence-electron chi connectivity index (χ0n) is 19.1. The number of allylic oxidation sites excluding steroid dienone is 2. The van der Waals surface area contributed by atoms with E-state index in [4.69, 9.17) is 4.74 Å². The molecule has 0 N–H and O–H groups in total. The van der Waals surface area contributed by atoms with Crippen molar-refractivity contribution in [1.29, 1.82) is 0 Å². The van der Waals surface area contributed by atoms with Crippen molar-refractivity contribution >= 4 is 34.7 Å². The number of anilines is 1. The van der Waals surface area contributed by atoms with Crippen molar-refractivity contribution in [2.45, 2.75) is 31.6 Å². The summed E-state index contributed by atoms with van der Waals surface area (Å²) in [5.41, 5.74) is 2.39. The van der Waals surface area contributed by atoms with Crippen LogP contribution < -0.4 is 4.90 Å². The Kier molecular flexibility index (Phi) is 6.34. The maximum atomic E-state index is 14.1. The summed E-state index contributed by atoms with van der Waals surface area (Å²) in [5.74, 6) is -3.42. The topological polar surface area (TPSA) is 63.7 Å². The van der Waals surface area contributed by atoms with Gasteiger partial charge in [-0.25, -0.2) is 4.39 Å². The minimum Gasteiger partial charge on any atom is -0.465 e. The fourth-order valence-corrected chi connectivity index (χ4v) is 6.02. The molecule has 1 aromatic heterocycles. The second-order valence-electron chi connectivity index (χ2n) is 8.65. The van der Waals surface area contributed by atoms with Crippen molar-refractivity contribution in [3.05, 3.63) is 99.6 Å². The molecule has 3 aromatic rings. The van der Waals surface area contributed by atoms with Gasteiger partial charge >= 0.3 is 5.97 Å². The number of amides is 1. The molecule has 2 aliphatic rings. The fraction of sp³-hybridized carbons (Fsp3) is 0.250. The van der Waals surface area contributed by atoms with Crippen LogP contribution >= 0.6 is 11.3 Å². The number of carbonyl (C=O) groups is 3. The van der Waals surface area contributed by atoms with E-state index >= 15 is 0 Å². The molecular formula is C28H24FNO4S. The summed E-state index contributed by atoms with van der Waals surface area (Å²) in [6.07, 6.45) is 0.383. The molecule has 1 amide bonds. The Morgan fingerprint density at radius 3 is 2.43 bits per heavy atom. The first kappa shape index (κ1) is 23.2. The molecule has 5 nitrogen and oxygen atoms in total. The lowest BCUT2D eigenvalue weighted by atomic mass is 9.69. The van der Waals surface area contributed by atoms with Crippen LogP contribution in [0.1, 0.15) is 42.0 Å². The Bertz CT molecular complexity index is 1280. The number of hydrogen-bond donors (Lipinski definition) is 0. The number of hydrogen-bond acceptors (Lipinski definition) is 5. The molecule has 0 saturated carbocycles. The van der Waals surface area contributed by atoms with Gasteiger partial charge in [0.05, 0.1) is 6.61 Å². The molecule has 1 aliphatic heterocycles. The first-order valence-electron chi connectivity index (χ1n) is 11.6. The van der Waals surface area contributed by atoms with E-state index in [1.54, 1.807) is 24.0 Å². The van der Waals surface area contributed by atoms with Crippen LogP contribution in [0.3, 0.4) is 0 Å². The van der Waals surface area contributed by atoms with Crippen molar-refractivity contribution in [3.8, 4) is 0 Å². The smallest absolute Gasteiger partial charge is 0.317 e. The number of halogens is 1. The molecule has 0 bridgehead atoms. The highest BCUT2D eigenvalue weighted by Crippen LogP contribution is 2.50. The first-order valence-corrected chi connectivity index (χ1v) is 12.5. The van der Waals surface area contributed by atoms with E-state index < -0.39 is 29.5 Å². The fourth-order valence-electron chi connectivity index (χ4n) is 5.16. The zero-order valence-corrected chi connectivity index (χ0v) is 20.0. The van der Waals surface area contributed by atoms with Gasteiger partial charge in [0.25, 0.3) is 0 Å². The van der Waals surface area contributed by atoms with Gasteiger partial charge in [-0.15, -0.1) is 11.3 Å². The van der Waals surface area contributed by atoms with E-state index in [1.165, 1.54) is 23.5 Å². The molecule has 0 saturated heterocycles. The van der Waals surface area contributed by atoms with Gasteiger partial charge in [0.1, 0.15) is 11.7 Å². The predicted molar refractivity (Wildman–Crippen MR) is 132 cm³/mol. The lowest BCUT2D eigenvalue weighted by molar-refractivity contribution is -0.152. The Balaban J connectivity index is 1.71. The second-order valence-corrected chi connectivity index (χ2v) is 9.63. The third-order valence-corrected chi connectivity index (χ3v) is 7.66. The molecule has 2 aromatic carbocycles.